The van der Waals surface area contributed by atoms with E-state index in [0.29, 0.717) is 18.1 Å². The molecule has 3 N–H and O–H groups in total. The first-order valence-corrected chi connectivity index (χ1v) is 5.23. The number of carbonyl (C=O) groups excluding carboxylic acids is 1. The molecule has 15 heavy (non-hydrogen) atoms. The van der Waals surface area contributed by atoms with Crippen LogP contribution in [0.1, 0.15) is 36.2 Å². The van der Waals surface area contributed by atoms with Gasteiger partial charge in [0.1, 0.15) is 11.5 Å². The Kier molecular flexibility index (Phi) is 2.89. The molecule has 1 aliphatic carbocycles. The summed E-state index contributed by atoms with van der Waals surface area (Å²) in [5, 5.41) is 6.18. The lowest BCUT2D eigenvalue weighted by atomic mass is 9.83. The Balaban J connectivity index is 1.72. The number of nitrogens with two attached hydrogens (primary N) is 1. The van der Waals surface area contributed by atoms with Gasteiger partial charge in [-0.1, -0.05) is 19.3 Å². The van der Waals surface area contributed by atoms with E-state index >= 15 is 0 Å². The zero-order chi connectivity index (χ0) is 10.7. The summed E-state index contributed by atoms with van der Waals surface area (Å²) < 4.78 is 5.08. The van der Waals surface area contributed by atoms with Crippen molar-refractivity contribution in [3.8, 4) is 0 Å². The van der Waals surface area contributed by atoms with Crippen LogP contribution in [0.2, 0.25) is 0 Å². The van der Waals surface area contributed by atoms with E-state index in [1.807, 2.05) is 0 Å². The maximum absolute atomic E-state index is 11.4. The quantitative estimate of drug-likeness (QED) is 0.733. The fourth-order valence-corrected chi connectivity index (χ4v) is 1.62. The largest absolute Gasteiger partial charge is 0.461 e. The van der Waals surface area contributed by atoms with Crippen molar-refractivity contribution in [1.29, 1.82) is 0 Å². The van der Waals surface area contributed by atoms with Crippen molar-refractivity contribution in [3.63, 3.8) is 0 Å². The molecular weight excluding hydrogens is 194 g/mol. The normalized spacial score (nSPS) is 16.0. The number of carbonyl (C=O) groups is 1. The molecule has 0 bridgehead atoms. The molecule has 1 aromatic heterocycles. The van der Waals surface area contributed by atoms with E-state index in [1.54, 1.807) is 0 Å². The molecule has 0 aromatic carbocycles. The molecule has 0 saturated heterocycles. The molecule has 1 aromatic rings. The highest BCUT2D eigenvalue weighted by Gasteiger charge is 2.18. The first-order chi connectivity index (χ1) is 7.25. The van der Waals surface area contributed by atoms with Gasteiger partial charge < -0.3 is 10.5 Å². The number of anilines is 1. The average Bonchev–Trinajstić information content (AvgIpc) is 2.56. The van der Waals surface area contributed by atoms with Gasteiger partial charge in [-0.3, -0.25) is 5.10 Å². The highest BCUT2D eigenvalue weighted by molar-refractivity contribution is 5.87. The molecule has 0 spiro atoms. The Morgan fingerprint density at radius 3 is 3.00 bits per heavy atom. The topological polar surface area (TPSA) is 81.0 Å². The van der Waals surface area contributed by atoms with Crippen LogP contribution in [-0.4, -0.2) is 22.8 Å². The molecule has 1 heterocycles. The van der Waals surface area contributed by atoms with Crippen molar-refractivity contribution < 1.29 is 9.53 Å². The van der Waals surface area contributed by atoms with Crippen LogP contribution in [-0.2, 0) is 4.74 Å². The van der Waals surface area contributed by atoms with Crippen LogP contribution in [0.4, 0.5) is 5.82 Å². The lowest BCUT2D eigenvalue weighted by molar-refractivity contribution is 0.0457. The Bertz CT molecular complexity index is 344. The number of rotatable bonds is 4. The molecule has 0 atom stereocenters. The molecule has 0 unspecified atom stereocenters. The third-order valence-electron chi connectivity index (χ3n) is 2.80. The van der Waals surface area contributed by atoms with Crippen LogP contribution >= 0.6 is 0 Å². The number of hydrogen-bond acceptors (Lipinski definition) is 4. The lowest BCUT2D eigenvalue weighted by Gasteiger charge is -2.24. The summed E-state index contributed by atoms with van der Waals surface area (Å²) in [6, 6.07) is 1.48. The van der Waals surface area contributed by atoms with Crippen LogP contribution in [0.25, 0.3) is 0 Å². The van der Waals surface area contributed by atoms with Gasteiger partial charge in [-0.2, -0.15) is 5.10 Å². The molecule has 0 aliphatic heterocycles. The number of esters is 1. The molecule has 1 aliphatic rings. The number of ether oxygens (including phenoxy) is 1. The van der Waals surface area contributed by atoms with E-state index in [0.717, 1.165) is 12.3 Å². The molecule has 82 valence electrons. The zero-order valence-electron chi connectivity index (χ0n) is 8.53. The van der Waals surface area contributed by atoms with Gasteiger partial charge >= 0.3 is 5.97 Å². The van der Waals surface area contributed by atoms with Crippen molar-refractivity contribution in [2.45, 2.75) is 25.7 Å². The minimum Gasteiger partial charge on any atom is -0.461 e. The number of hydrogen-bond donors (Lipinski definition) is 2. The van der Waals surface area contributed by atoms with Crippen LogP contribution in [0, 0.1) is 5.92 Å². The third-order valence-corrected chi connectivity index (χ3v) is 2.80. The van der Waals surface area contributed by atoms with E-state index in [2.05, 4.69) is 10.2 Å². The summed E-state index contributed by atoms with van der Waals surface area (Å²) >= 11 is 0. The molecular formula is C10H15N3O2. The predicted molar refractivity (Wildman–Crippen MR) is 55.2 cm³/mol. The van der Waals surface area contributed by atoms with Crippen molar-refractivity contribution in [2.24, 2.45) is 5.92 Å². The van der Waals surface area contributed by atoms with Crippen molar-refractivity contribution in [2.75, 3.05) is 12.3 Å². The number of nitrogens with zero attached hydrogens (tertiary/aromatic N) is 1. The summed E-state index contributed by atoms with van der Waals surface area (Å²) in [5.41, 5.74) is 5.69. The van der Waals surface area contributed by atoms with Gasteiger partial charge in [0.15, 0.2) is 0 Å². The maximum atomic E-state index is 11.4. The standard InChI is InChI=1S/C10H15N3O2/c11-9-6-8(12-13-9)10(14)15-5-4-7-2-1-3-7/h6-7H,1-5H2,(H3,11,12,13). The second-order valence-corrected chi connectivity index (χ2v) is 3.93. The van der Waals surface area contributed by atoms with Crippen LogP contribution < -0.4 is 5.73 Å². The molecule has 0 radical (unpaired) electrons. The van der Waals surface area contributed by atoms with Gasteiger partial charge in [-0.15, -0.1) is 0 Å². The summed E-state index contributed by atoms with van der Waals surface area (Å²) in [5.74, 6) is 0.684. The minimum atomic E-state index is -0.376. The highest BCUT2D eigenvalue weighted by atomic mass is 16.5. The van der Waals surface area contributed by atoms with Crippen LogP contribution in [0.5, 0.6) is 0 Å². The predicted octanol–water partition coefficient (Wildman–Crippen LogP) is 1.34. The molecule has 5 nitrogen and oxygen atoms in total. The minimum absolute atomic E-state index is 0.306. The third kappa shape index (κ3) is 2.49. The number of nitrogens with one attached hydrogen (secondary N) is 1. The average molecular weight is 209 g/mol. The van der Waals surface area contributed by atoms with E-state index in [1.165, 1.54) is 25.3 Å². The molecule has 5 heteroatoms. The van der Waals surface area contributed by atoms with E-state index in [4.69, 9.17) is 10.5 Å². The van der Waals surface area contributed by atoms with Gasteiger partial charge in [0, 0.05) is 6.07 Å². The first-order valence-electron chi connectivity index (χ1n) is 5.23. The Morgan fingerprint density at radius 2 is 2.47 bits per heavy atom. The van der Waals surface area contributed by atoms with Gasteiger partial charge in [0.25, 0.3) is 0 Å². The summed E-state index contributed by atoms with van der Waals surface area (Å²) in [6.07, 6.45) is 4.83. The van der Waals surface area contributed by atoms with Gasteiger partial charge in [0.2, 0.25) is 0 Å². The Hall–Kier alpha value is -1.52. The molecule has 1 saturated carbocycles. The number of aromatic amines is 1. The molecule has 1 fully saturated rings. The number of aromatic nitrogens is 2. The van der Waals surface area contributed by atoms with Crippen molar-refractivity contribution in [1.82, 2.24) is 10.2 Å². The summed E-state index contributed by atoms with van der Waals surface area (Å²) in [4.78, 5) is 11.4. The zero-order valence-corrected chi connectivity index (χ0v) is 8.53. The van der Waals surface area contributed by atoms with Crippen molar-refractivity contribution in [3.05, 3.63) is 11.8 Å². The maximum Gasteiger partial charge on any atom is 0.356 e. The summed E-state index contributed by atoms with van der Waals surface area (Å²) in [6.45, 7) is 0.489. The monoisotopic (exact) mass is 209 g/mol. The SMILES string of the molecule is Nc1cc(C(=O)OCCC2CCC2)[nH]n1. The first kappa shape index (κ1) is 10.0. The Labute approximate surface area is 88.0 Å². The fraction of sp³-hybridized carbons (Fsp3) is 0.600. The lowest BCUT2D eigenvalue weighted by Crippen LogP contribution is -2.15. The Morgan fingerprint density at radius 1 is 1.67 bits per heavy atom. The van der Waals surface area contributed by atoms with Gasteiger partial charge in [-0.05, 0) is 12.3 Å². The van der Waals surface area contributed by atoms with Gasteiger partial charge in [0.05, 0.1) is 6.61 Å². The fourth-order valence-electron chi connectivity index (χ4n) is 1.62. The van der Waals surface area contributed by atoms with Gasteiger partial charge in [-0.25, -0.2) is 4.79 Å². The van der Waals surface area contributed by atoms with Crippen molar-refractivity contribution >= 4 is 11.8 Å². The van der Waals surface area contributed by atoms with Crippen LogP contribution in [0.15, 0.2) is 6.07 Å². The second-order valence-electron chi connectivity index (χ2n) is 3.93. The molecule has 2 rings (SSSR count). The second kappa shape index (κ2) is 4.33. The summed E-state index contributed by atoms with van der Waals surface area (Å²) in [7, 11) is 0. The van der Waals surface area contributed by atoms with E-state index in [9.17, 15) is 4.79 Å². The van der Waals surface area contributed by atoms with E-state index < -0.39 is 0 Å². The highest BCUT2D eigenvalue weighted by Crippen LogP contribution is 2.29. The molecule has 0 amide bonds. The number of nitrogen functional groups attached to an aromatic ring is 1. The smallest absolute Gasteiger partial charge is 0.356 e. The van der Waals surface area contributed by atoms with Crippen LogP contribution in [0.3, 0.4) is 0 Å². The number of H-pyrrole nitrogens is 1. The van der Waals surface area contributed by atoms with E-state index in [-0.39, 0.29) is 5.97 Å².